The van der Waals surface area contributed by atoms with Crippen molar-refractivity contribution >= 4 is 24.0 Å². The Balaban J connectivity index is 0. The van der Waals surface area contributed by atoms with E-state index >= 15 is 0 Å². The largest absolute Gasteiger partial charge is 0.480 e. The number of primary amides is 1. The van der Waals surface area contributed by atoms with Crippen LogP contribution in [0.25, 0.3) is 0 Å². The molecule has 0 saturated heterocycles. The summed E-state index contributed by atoms with van der Waals surface area (Å²) in [6.45, 7) is 1.64. The number of aliphatic hydroxyl groups is 1. The highest BCUT2D eigenvalue weighted by Gasteiger charge is 2.18. The molecule has 0 aliphatic rings. The monoisotopic (exact) mass is 270 g/mol. The summed E-state index contributed by atoms with van der Waals surface area (Å²) >= 11 is 0.266. The number of carboxylic acids is 1. The van der Waals surface area contributed by atoms with Gasteiger partial charge in [0.2, 0.25) is 5.91 Å². The Hall–Kier alpha value is -0.860. The van der Waals surface area contributed by atoms with E-state index in [-0.39, 0.29) is 25.2 Å². The van der Waals surface area contributed by atoms with Gasteiger partial charge < -0.3 is 21.7 Å². The summed E-state index contributed by atoms with van der Waals surface area (Å²) in [5, 5.41) is 16.4. The first-order valence-electron chi connectivity index (χ1n) is 4.98. The van der Waals surface area contributed by atoms with Crippen molar-refractivity contribution in [2.24, 2.45) is 17.4 Å². The maximum Gasteiger partial charge on any atom is 0.320 e. The number of halogens is 1. The van der Waals surface area contributed by atoms with Gasteiger partial charge in [-0.2, -0.15) is 3.89 Å². The predicted molar refractivity (Wildman–Crippen MR) is 63.9 cm³/mol. The molecule has 1 amide bonds. The maximum atomic E-state index is 11.0. The van der Waals surface area contributed by atoms with E-state index < -0.39 is 23.8 Å². The van der Waals surface area contributed by atoms with E-state index in [1.165, 1.54) is 0 Å². The molecule has 0 bridgehead atoms. The fraction of sp³-hybridized carbons (Fsp3) is 0.778. The van der Waals surface area contributed by atoms with Gasteiger partial charge in [-0.05, 0) is 12.8 Å². The van der Waals surface area contributed by atoms with Crippen molar-refractivity contribution in [1.82, 2.24) is 0 Å². The average molecular weight is 270 g/mol. The van der Waals surface area contributed by atoms with Gasteiger partial charge in [-0.3, -0.25) is 9.59 Å². The highest BCUT2D eigenvalue weighted by atomic mass is 32.2. The van der Waals surface area contributed by atoms with Crippen LogP contribution in [0.3, 0.4) is 0 Å². The smallest absolute Gasteiger partial charge is 0.320 e. The lowest BCUT2D eigenvalue weighted by molar-refractivity contribution is -0.139. The summed E-state index contributed by atoms with van der Waals surface area (Å²) < 4.78 is 11.0. The SMILES string of the molecule is CC(CC(N)C(=O)O)C(N)=O.OCCCSF. The van der Waals surface area contributed by atoms with Crippen LogP contribution in [0, 0.1) is 5.92 Å². The number of nitrogens with two attached hydrogens (primary N) is 2. The Labute approximate surface area is 104 Å². The number of aliphatic hydroxyl groups excluding tert-OH is 1. The molecule has 6 nitrogen and oxygen atoms in total. The van der Waals surface area contributed by atoms with Crippen molar-refractivity contribution < 1.29 is 23.7 Å². The van der Waals surface area contributed by atoms with E-state index in [0.717, 1.165) is 0 Å². The van der Waals surface area contributed by atoms with Gasteiger partial charge in [0.05, 0.1) is 0 Å². The topological polar surface area (TPSA) is 127 Å². The van der Waals surface area contributed by atoms with E-state index in [4.69, 9.17) is 21.7 Å². The maximum absolute atomic E-state index is 11.0. The number of aliphatic carboxylic acids is 1. The molecule has 0 aromatic heterocycles. The lowest BCUT2D eigenvalue weighted by Gasteiger charge is -2.09. The van der Waals surface area contributed by atoms with E-state index in [1.54, 1.807) is 6.92 Å². The molecular weight excluding hydrogens is 251 g/mol. The standard InChI is InChI=1S/C6H12N2O3.C3H7FOS/c1-3(5(8)9)2-4(7)6(10)11;4-6-3-1-2-5/h3-4H,2,7H2,1H3,(H2,8,9)(H,10,11);5H,1-3H2. The first-order chi connectivity index (χ1) is 7.86. The molecule has 0 rings (SSSR count). The van der Waals surface area contributed by atoms with Gasteiger partial charge in [-0.15, -0.1) is 0 Å². The molecule has 0 saturated carbocycles. The van der Waals surface area contributed by atoms with Gasteiger partial charge in [-0.1, -0.05) is 6.92 Å². The highest BCUT2D eigenvalue weighted by molar-refractivity contribution is 7.94. The van der Waals surface area contributed by atoms with Gasteiger partial charge in [0, 0.05) is 30.4 Å². The molecule has 0 aliphatic carbocycles. The van der Waals surface area contributed by atoms with Crippen molar-refractivity contribution in [3.05, 3.63) is 0 Å². The number of hydrogen-bond donors (Lipinski definition) is 4. The van der Waals surface area contributed by atoms with Crippen molar-refractivity contribution in [3.63, 3.8) is 0 Å². The van der Waals surface area contributed by atoms with E-state index in [0.29, 0.717) is 12.2 Å². The first-order valence-corrected chi connectivity index (χ1v) is 5.87. The van der Waals surface area contributed by atoms with Crippen LogP contribution >= 0.6 is 12.1 Å². The third kappa shape index (κ3) is 13.1. The Bertz CT molecular complexity index is 209. The summed E-state index contributed by atoms with van der Waals surface area (Å²) in [5.74, 6) is -1.71. The third-order valence-corrected chi connectivity index (χ3v) is 2.23. The second kappa shape index (κ2) is 11.6. The van der Waals surface area contributed by atoms with Gasteiger partial charge in [0.1, 0.15) is 6.04 Å². The van der Waals surface area contributed by atoms with Gasteiger partial charge >= 0.3 is 5.97 Å². The van der Waals surface area contributed by atoms with Crippen LogP contribution in [0.2, 0.25) is 0 Å². The lowest BCUT2D eigenvalue weighted by Crippen LogP contribution is -2.35. The molecule has 0 aromatic carbocycles. The number of amides is 1. The molecule has 0 heterocycles. The van der Waals surface area contributed by atoms with Crippen LogP contribution in [-0.2, 0) is 9.59 Å². The predicted octanol–water partition coefficient (Wildman–Crippen LogP) is -0.104. The van der Waals surface area contributed by atoms with Crippen LogP contribution in [0.4, 0.5) is 3.89 Å². The van der Waals surface area contributed by atoms with Gasteiger partial charge in [-0.25, -0.2) is 0 Å². The molecule has 0 spiro atoms. The minimum atomic E-state index is -1.11. The van der Waals surface area contributed by atoms with Crippen LogP contribution < -0.4 is 11.5 Å². The third-order valence-electron chi connectivity index (χ3n) is 1.79. The fourth-order valence-corrected chi connectivity index (χ4v) is 0.955. The summed E-state index contributed by atoms with van der Waals surface area (Å²) in [7, 11) is 0. The van der Waals surface area contributed by atoms with Gasteiger partial charge in [0.15, 0.2) is 0 Å². The molecule has 6 N–H and O–H groups in total. The number of carbonyl (C=O) groups is 2. The number of hydrogen-bond acceptors (Lipinski definition) is 5. The van der Waals surface area contributed by atoms with E-state index in [9.17, 15) is 13.5 Å². The zero-order chi connectivity index (χ0) is 13.8. The van der Waals surface area contributed by atoms with Crippen molar-refractivity contribution in [2.75, 3.05) is 12.4 Å². The van der Waals surface area contributed by atoms with Crippen molar-refractivity contribution in [2.45, 2.75) is 25.8 Å². The first kappa shape index (κ1) is 18.5. The molecule has 0 aromatic rings. The van der Waals surface area contributed by atoms with Crippen LogP contribution in [0.15, 0.2) is 0 Å². The molecule has 102 valence electrons. The minimum Gasteiger partial charge on any atom is -0.480 e. The Morgan fingerprint density at radius 1 is 1.47 bits per heavy atom. The van der Waals surface area contributed by atoms with Crippen molar-refractivity contribution in [3.8, 4) is 0 Å². The summed E-state index contributed by atoms with van der Waals surface area (Å²) in [6.07, 6.45) is 0.645. The molecule has 0 radical (unpaired) electrons. The Morgan fingerprint density at radius 2 is 2.00 bits per heavy atom. The molecule has 2 atom stereocenters. The number of carboxylic acid groups (broad SMARTS) is 1. The second-order valence-electron chi connectivity index (χ2n) is 3.37. The van der Waals surface area contributed by atoms with E-state index in [2.05, 4.69) is 0 Å². The lowest BCUT2D eigenvalue weighted by atomic mass is 10.0. The molecule has 8 heteroatoms. The second-order valence-corrected chi connectivity index (χ2v) is 4.00. The zero-order valence-electron chi connectivity index (χ0n) is 9.63. The van der Waals surface area contributed by atoms with Crippen molar-refractivity contribution in [1.29, 1.82) is 0 Å². The highest BCUT2D eigenvalue weighted by Crippen LogP contribution is 2.03. The van der Waals surface area contributed by atoms with Gasteiger partial charge in [0.25, 0.3) is 0 Å². The normalized spacial score (nSPS) is 13.2. The molecule has 17 heavy (non-hydrogen) atoms. The summed E-state index contributed by atoms with van der Waals surface area (Å²) in [4.78, 5) is 20.6. The molecule has 0 aliphatic heterocycles. The molecule has 2 unspecified atom stereocenters. The fourth-order valence-electron chi connectivity index (χ4n) is 0.717. The Kier molecular flexibility index (Phi) is 12.6. The quantitative estimate of drug-likeness (QED) is 0.478. The number of carbonyl (C=O) groups excluding carboxylic acids is 1. The summed E-state index contributed by atoms with van der Waals surface area (Å²) in [5.41, 5.74) is 10.0. The minimum absolute atomic E-state index is 0.0880. The zero-order valence-corrected chi connectivity index (χ0v) is 10.5. The summed E-state index contributed by atoms with van der Waals surface area (Å²) in [6, 6.07) is -1.00. The average Bonchev–Trinajstić information content (AvgIpc) is 2.26. The number of rotatable bonds is 7. The van der Waals surface area contributed by atoms with Crippen LogP contribution in [-0.4, -0.2) is 40.5 Å². The Morgan fingerprint density at radius 3 is 2.24 bits per heavy atom. The van der Waals surface area contributed by atoms with Crippen LogP contribution in [0.5, 0.6) is 0 Å². The van der Waals surface area contributed by atoms with Crippen LogP contribution in [0.1, 0.15) is 19.8 Å². The molecule has 0 fully saturated rings. The molecular formula is C9H19FN2O4S. The van der Waals surface area contributed by atoms with E-state index in [1.807, 2.05) is 0 Å².